The van der Waals surface area contributed by atoms with Gasteiger partial charge in [-0.3, -0.25) is 0 Å². The topological polar surface area (TPSA) is 65.7 Å². The molecule has 5 heteroatoms. The quantitative estimate of drug-likeness (QED) is 0.644. The number of carbonyl (C=O) groups excluding carboxylic acids is 1. The van der Waals surface area contributed by atoms with Gasteiger partial charge in [-0.1, -0.05) is 0 Å². The van der Waals surface area contributed by atoms with E-state index < -0.39 is 12.1 Å². The third-order valence-electron chi connectivity index (χ3n) is 4.02. The normalized spacial score (nSPS) is 14.7. The van der Waals surface area contributed by atoms with Crippen LogP contribution in [0.15, 0.2) is 21.3 Å². The molecule has 0 saturated heterocycles. The molecule has 1 aliphatic rings. The minimum atomic E-state index is -0.723. The van der Waals surface area contributed by atoms with Crippen LogP contribution >= 0.6 is 0 Å². The van der Waals surface area contributed by atoms with Gasteiger partial charge >= 0.3 is 11.6 Å². The molecule has 22 heavy (non-hydrogen) atoms. The number of esters is 1. The van der Waals surface area contributed by atoms with Gasteiger partial charge in [0, 0.05) is 5.56 Å². The Hall–Kier alpha value is -2.30. The summed E-state index contributed by atoms with van der Waals surface area (Å²) in [4.78, 5) is 23.6. The fourth-order valence-corrected chi connectivity index (χ4v) is 3.00. The zero-order chi connectivity index (χ0) is 15.9. The molecule has 1 aromatic carbocycles. The van der Waals surface area contributed by atoms with Crippen LogP contribution in [-0.2, 0) is 22.4 Å². The Labute approximate surface area is 127 Å². The second kappa shape index (κ2) is 5.48. The van der Waals surface area contributed by atoms with Crippen molar-refractivity contribution in [3.8, 4) is 5.75 Å². The largest absolute Gasteiger partial charge is 0.478 e. The van der Waals surface area contributed by atoms with E-state index >= 15 is 0 Å². The van der Waals surface area contributed by atoms with Crippen LogP contribution in [0.1, 0.15) is 30.0 Å². The third-order valence-corrected chi connectivity index (χ3v) is 4.02. The van der Waals surface area contributed by atoms with Crippen molar-refractivity contribution in [2.75, 3.05) is 7.11 Å². The first-order valence-electron chi connectivity index (χ1n) is 7.35. The Kier molecular flexibility index (Phi) is 3.64. The minimum absolute atomic E-state index is 0.266. The molecule has 0 aliphatic heterocycles. The lowest BCUT2D eigenvalue weighted by molar-refractivity contribution is -0.147. The van der Waals surface area contributed by atoms with Crippen molar-refractivity contribution in [1.82, 2.24) is 0 Å². The van der Waals surface area contributed by atoms with E-state index in [0.717, 1.165) is 41.3 Å². The Morgan fingerprint density at radius 3 is 2.73 bits per heavy atom. The van der Waals surface area contributed by atoms with Gasteiger partial charge in [-0.05, 0) is 56.4 Å². The van der Waals surface area contributed by atoms with Crippen LogP contribution in [0.4, 0.5) is 0 Å². The number of hydrogen-bond acceptors (Lipinski definition) is 5. The van der Waals surface area contributed by atoms with Gasteiger partial charge in [0.1, 0.15) is 11.3 Å². The van der Waals surface area contributed by atoms with Crippen LogP contribution in [0.3, 0.4) is 0 Å². The van der Waals surface area contributed by atoms with Crippen molar-refractivity contribution >= 4 is 16.9 Å². The molecule has 1 aromatic heterocycles. The van der Waals surface area contributed by atoms with E-state index in [4.69, 9.17) is 13.9 Å². The van der Waals surface area contributed by atoms with Gasteiger partial charge in [0.2, 0.25) is 0 Å². The number of carbonyl (C=O) groups is 1. The summed E-state index contributed by atoms with van der Waals surface area (Å²) in [5.41, 5.74) is 2.86. The van der Waals surface area contributed by atoms with E-state index in [1.165, 1.54) is 7.11 Å². The summed E-state index contributed by atoms with van der Waals surface area (Å²) in [6.07, 6.45) is 1.76. The van der Waals surface area contributed by atoms with Crippen LogP contribution in [0.2, 0.25) is 0 Å². The number of fused-ring (bicyclic) bond motifs is 3. The molecule has 0 radical (unpaired) electrons. The molecule has 0 saturated carbocycles. The maximum absolute atomic E-state index is 12.0. The molecule has 0 bridgehead atoms. The summed E-state index contributed by atoms with van der Waals surface area (Å²) < 4.78 is 15.9. The molecule has 0 unspecified atom stereocenters. The number of rotatable bonds is 3. The number of aryl methyl sites for hydroxylation is 2. The van der Waals surface area contributed by atoms with Gasteiger partial charge in [-0.15, -0.1) is 0 Å². The Morgan fingerprint density at radius 2 is 2.00 bits per heavy atom. The molecule has 5 nitrogen and oxygen atoms in total. The summed E-state index contributed by atoms with van der Waals surface area (Å²) in [6.45, 7) is 3.53. The standard InChI is InChI=1S/C17H18O5/c1-9-7-13(21-10(2)16(18)20-3)15-11-5-4-6-12(11)17(19)22-14(15)8-9/h7-8,10H,4-6H2,1-3H3/t10-/m1/s1. The lowest BCUT2D eigenvalue weighted by Crippen LogP contribution is -2.25. The highest BCUT2D eigenvalue weighted by Gasteiger charge is 2.24. The van der Waals surface area contributed by atoms with E-state index in [2.05, 4.69) is 0 Å². The van der Waals surface area contributed by atoms with Gasteiger partial charge in [-0.25, -0.2) is 9.59 Å². The van der Waals surface area contributed by atoms with E-state index in [9.17, 15) is 9.59 Å². The zero-order valence-electron chi connectivity index (χ0n) is 12.9. The Morgan fingerprint density at radius 1 is 1.27 bits per heavy atom. The molecule has 3 rings (SSSR count). The monoisotopic (exact) mass is 302 g/mol. The maximum Gasteiger partial charge on any atom is 0.346 e. The predicted molar refractivity (Wildman–Crippen MR) is 81.4 cm³/mol. The van der Waals surface area contributed by atoms with Crippen LogP contribution in [0.5, 0.6) is 5.75 Å². The zero-order valence-corrected chi connectivity index (χ0v) is 12.9. The molecule has 0 amide bonds. The molecule has 1 atom stereocenters. The van der Waals surface area contributed by atoms with E-state index in [0.29, 0.717) is 11.3 Å². The average molecular weight is 302 g/mol. The Balaban J connectivity index is 2.19. The first-order chi connectivity index (χ1) is 10.5. The summed E-state index contributed by atoms with van der Waals surface area (Å²) in [5, 5.41) is 0.799. The van der Waals surface area contributed by atoms with Gasteiger partial charge in [0.05, 0.1) is 12.5 Å². The lowest BCUT2D eigenvalue weighted by atomic mass is 10.0. The molecule has 0 fully saturated rings. The molecular weight excluding hydrogens is 284 g/mol. The smallest absolute Gasteiger partial charge is 0.346 e. The predicted octanol–water partition coefficient (Wildman–Crippen LogP) is 2.53. The van der Waals surface area contributed by atoms with E-state index in [1.54, 1.807) is 6.92 Å². The molecule has 2 aromatic rings. The van der Waals surface area contributed by atoms with Crippen LogP contribution in [0, 0.1) is 6.92 Å². The third kappa shape index (κ3) is 2.36. The van der Waals surface area contributed by atoms with Crippen LogP contribution in [0.25, 0.3) is 11.0 Å². The highest BCUT2D eigenvalue weighted by molar-refractivity contribution is 5.89. The second-order valence-electron chi connectivity index (χ2n) is 5.62. The average Bonchev–Trinajstić information content (AvgIpc) is 2.95. The number of hydrogen-bond donors (Lipinski definition) is 0. The van der Waals surface area contributed by atoms with E-state index in [-0.39, 0.29) is 5.63 Å². The SMILES string of the molecule is COC(=O)[C@@H](C)Oc1cc(C)cc2oc(=O)c3c(c12)CCC3. The lowest BCUT2D eigenvalue weighted by Gasteiger charge is -2.16. The molecule has 0 N–H and O–H groups in total. The van der Waals surface area contributed by atoms with Crippen molar-refractivity contribution in [2.45, 2.75) is 39.2 Å². The van der Waals surface area contributed by atoms with Crippen molar-refractivity contribution in [2.24, 2.45) is 0 Å². The fourth-order valence-electron chi connectivity index (χ4n) is 3.00. The number of benzene rings is 1. The van der Waals surface area contributed by atoms with Gasteiger partial charge in [-0.2, -0.15) is 0 Å². The first kappa shape index (κ1) is 14.6. The fraction of sp³-hybridized carbons (Fsp3) is 0.412. The van der Waals surface area contributed by atoms with Crippen molar-refractivity contribution in [3.63, 3.8) is 0 Å². The summed E-state index contributed by atoms with van der Waals surface area (Å²) in [7, 11) is 1.33. The molecule has 116 valence electrons. The minimum Gasteiger partial charge on any atom is -0.478 e. The first-order valence-corrected chi connectivity index (χ1v) is 7.35. The highest BCUT2D eigenvalue weighted by Crippen LogP contribution is 2.35. The summed E-state index contributed by atoms with van der Waals surface area (Å²) >= 11 is 0. The highest BCUT2D eigenvalue weighted by atomic mass is 16.6. The second-order valence-corrected chi connectivity index (χ2v) is 5.62. The van der Waals surface area contributed by atoms with Crippen LogP contribution in [-0.4, -0.2) is 19.2 Å². The molecule has 1 heterocycles. The number of ether oxygens (including phenoxy) is 2. The van der Waals surface area contributed by atoms with Crippen LogP contribution < -0.4 is 10.4 Å². The van der Waals surface area contributed by atoms with E-state index in [1.807, 2.05) is 19.1 Å². The molecule has 0 spiro atoms. The molecular formula is C17H18O5. The van der Waals surface area contributed by atoms with Gasteiger partial charge in [0.15, 0.2) is 6.10 Å². The Bertz CT molecular complexity index is 803. The number of methoxy groups -OCH3 is 1. The summed E-state index contributed by atoms with van der Waals surface area (Å²) in [6, 6.07) is 3.69. The van der Waals surface area contributed by atoms with Gasteiger partial charge in [0.25, 0.3) is 0 Å². The maximum atomic E-state index is 12.0. The van der Waals surface area contributed by atoms with Crippen molar-refractivity contribution < 1.29 is 18.7 Å². The van der Waals surface area contributed by atoms with Gasteiger partial charge < -0.3 is 13.9 Å². The summed E-state index contributed by atoms with van der Waals surface area (Å²) in [5.74, 6) is 0.124. The molecule has 1 aliphatic carbocycles. The van der Waals surface area contributed by atoms with Crippen molar-refractivity contribution in [1.29, 1.82) is 0 Å². The van der Waals surface area contributed by atoms with Crippen molar-refractivity contribution in [3.05, 3.63) is 39.2 Å².